The lowest BCUT2D eigenvalue weighted by Crippen LogP contribution is -2.32. The number of benzene rings is 1. The van der Waals surface area contributed by atoms with Gasteiger partial charge in [-0.2, -0.15) is 11.8 Å². The van der Waals surface area contributed by atoms with E-state index in [1.54, 1.807) is 6.07 Å². The molecule has 3 heteroatoms. The standard InChI is InChI=1S/C16H24FNS/c1-16(2,3)11-14-5-4-13(10-15(14)17)12-18-6-8-19-9-7-18/h4-5,10H,6-9,11-12H2,1-3H3. The molecule has 0 atom stereocenters. The quantitative estimate of drug-likeness (QED) is 0.825. The van der Waals surface area contributed by atoms with E-state index in [9.17, 15) is 4.39 Å². The molecule has 1 aliphatic heterocycles. The number of rotatable bonds is 3. The topological polar surface area (TPSA) is 3.24 Å². The second kappa shape index (κ2) is 6.27. The average molecular weight is 281 g/mol. The molecule has 1 fully saturated rings. The van der Waals surface area contributed by atoms with E-state index >= 15 is 0 Å². The molecule has 2 rings (SSSR count). The Morgan fingerprint density at radius 3 is 2.47 bits per heavy atom. The molecular weight excluding hydrogens is 257 g/mol. The maximum absolute atomic E-state index is 14.1. The third-order valence-corrected chi connectivity index (χ3v) is 4.29. The highest BCUT2D eigenvalue weighted by Crippen LogP contribution is 2.23. The van der Waals surface area contributed by atoms with Crippen LogP contribution in [0.5, 0.6) is 0 Å². The van der Waals surface area contributed by atoms with Crippen molar-refractivity contribution in [1.29, 1.82) is 0 Å². The van der Waals surface area contributed by atoms with Gasteiger partial charge in [0, 0.05) is 31.1 Å². The number of nitrogens with zero attached hydrogens (tertiary/aromatic N) is 1. The molecule has 0 radical (unpaired) electrons. The summed E-state index contributed by atoms with van der Waals surface area (Å²) in [6.45, 7) is 9.56. The van der Waals surface area contributed by atoms with Crippen LogP contribution in [-0.4, -0.2) is 29.5 Å². The Kier molecular flexibility index (Phi) is 4.91. The van der Waals surface area contributed by atoms with Gasteiger partial charge in [-0.05, 0) is 29.0 Å². The Balaban J connectivity index is 2.01. The van der Waals surface area contributed by atoms with Crippen molar-refractivity contribution in [2.75, 3.05) is 24.6 Å². The molecule has 0 aliphatic carbocycles. The number of halogens is 1. The van der Waals surface area contributed by atoms with Crippen molar-refractivity contribution in [1.82, 2.24) is 4.90 Å². The Morgan fingerprint density at radius 1 is 1.21 bits per heavy atom. The van der Waals surface area contributed by atoms with Crippen LogP contribution in [0, 0.1) is 11.2 Å². The maximum atomic E-state index is 14.1. The van der Waals surface area contributed by atoms with Crippen LogP contribution in [-0.2, 0) is 13.0 Å². The summed E-state index contributed by atoms with van der Waals surface area (Å²) in [5.41, 5.74) is 2.07. The van der Waals surface area contributed by atoms with Crippen molar-refractivity contribution in [3.63, 3.8) is 0 Å². The first-order chi connectivity index (χ1) is 8.94. The van der Waals surface area contributed by atoms with Gasteiger partial charge in [0.05, 0.1) is 0 Å². The van der Waals surface area contributed by atoms with Crippen LogP contribution < -0.4 is 0 Å². The molecule has 0 amide bonds. The summed E-state index contributed by atoms with van der Waals surface area (Å²) in [4.78, 5) is 2.41. The van der Waals surface area contributed by atoms with Gasteiger partial charge in [-0.15, -0.1) is 0 Å². The summed E-state index contributed by atoms with van der Waals surface area (Å²) >= 11 is 2.01. The van der Waals surface area contributed by atoms with Crippen molar-refractivity contribution in [2.24, 2.45) is 5.41 Å². The van der Waals surface area contributed by atoms with Gasteiger partial charge in [-0.25, -0.2) is 4.39 Å². The largest absolute Gasteiger partial charge is 0.297 e. The van der Waals surface area contributed by atoms with Gasteiger partial charge in [-0.3, -0.25) is 4.90 Å². The zero-order valence-electron chi connectivity index (χ0n) is 12.2. The predicted octanol–water partition coefficient (Wildman–Crippen LogP) is 3.96. The number of hydrogen-bond acceptors (Lipinski definition) is 2. The summed E-state index contributed by atoms with van der Waals surface area (Å²) in [7, 11) is 0. The summed E-state index contributed by atoms with van der Waals surface area (Å²) in [6, 6.07) is 5.78. The maximum Gasteiger partial charge on any atom is 0.126 e. The van der Waals surface area contributed by atoms with Gasteiger partial charge < -0.3 is 0 Å². The number of hydrogen-bond donors (Lipinski definition) is 0. The summed E-state index contributed by atoms with van der Waals surface area (Å²) in [5, 5.41) is 0. The zero-order chi connectivity index (χ0) is 13.9. The Labute approximate surface area is 120 Å². The van der Waals surface area contributed by atoms with E-state index in [2.05, 4.69) is 31.7 Å². The van der Waals surface area contributed by atoms with E-state index in [0.717, 1.165) is 37.2 Å². The summed E-state index contributed by atoms with van der Waals surface area (Å²) < 4.78 is 14.1. The third kappa shape index (κ3) is 4.81. The molecule has 1 saturated heterocycles. The highest BCUT2D eigenvalue weighted by Gasteiger charge is 2.16. The molecule has 1 nitrogen and oxygen atoms in total. The van der Waals surface area contributed by atoms with Gasteiger partial charge in [-0.1, -0.05) is 32.9 Å². The van der Waals surface area contributed by atoms with Crippen LogP contribution in [0.2, 0.25) is 0 Å². The van der Waals surface area contributed by atoms with Crippen LogP contribution in [0.3, 0.4) is 0 Å². The third-order valence-electron chi connectivity index (χ3n) is 3.35. The monoisotopic (exact) mass is 281 g/mol. The lowest BCUT2D eigenvalue weighted by atomic mass is 9.87. The molecule has 0 aromatic heterocycles. The van der Waals surface area contributed by atoms with Gasteiger partial charge in [0.15, 0.2) is 0 Å². The molecule has 19 heavy (non-hydrogen) atoms. The van der Waals surface area contributed by atoms with Crippen molar-refractivity contribution in [2.45, 2.75) is 33.7 Å². The van der Waals surface area contributed by atoms with E-state index in [1.807, 2.05) is 17.8 Å². The molecule has 0 N–H and O–H groups in total. The zero-order valence-corrected chi connectivity index (χ0v) is 13.0. The van der Waals surface area contributed by atoms with Crippen LogP contribution in [0.25, 0.3) is 0 Å². The van der Waals surface area contributed by atoms with E-state index in [-0.39, 0.29) is 11.2 Å². The Hall–Kier alpha value is -0.540. The molecule has 1 aromatic rings. The summed E-state index contributed by atoms with van der Waals surface area (Å²) in [6.07, 6.45) is 0.791. The fourth-order valence-corrected chi connectivity index (χ4v) is 3.40. The minimum Gasteiger partial charge on any atom is -0.297 e. The molecule has 0 spiro atoms. The first kappa shape index (κ1) is 14.9. The van der Waals surface area contributed by atoms with Crippen molar-refractivity contribution in [3.8, 4) is 0 Å². The van der Waals surface area contributed by atoms with Crippen LogP contribution >= 0.6 is 11.8 Å². The molecule has 0 saturated carbocycles. The first-order valence-corrected chi connectivity index (χ1v) is 8.17. The SMILES string of the molecule is CC(C)(C)Cc1ccc(CN2CCSCC2)cc1F. The Bertz CT molecular complexity index is 419. The van der Waals surface area contributed by atoms with Crippen LogP contribution in [0.4, 0.5) is 4.39 Å². The minimum absolute atomic E-state index is 0.0428. The van der Waals surface area contributed by atoms with Crippen LogP contribution in [0.1, 0.15) is 31.9 Å². The number of thioether (sulfide) groups is 1. The molecule has 1 heterocycles. The highest BCUT2D eigenvalue weighted by atomic mass is 32.2. The molecular formula is C16H24FNS. The normalized spacial score (nSPS) is 17.7. The predicted molar refractivity (Wildman–Crippen MR) is 82.2 cm³/mol. The minimum atomic E-state index is -0.0428. The fraction of sp³-hybridized carbons (Fsp3) is 0.625. The molecule has 0 unspecified atom stereocenters. The van der Waals surface area contributed by atoms with Gasteiger partial charge >= 0.3 is 0 Å². The van der Waals surface area contributed by atoms with Gasteiger partial charge in [0.25, 0.3) is 0 Å². The van der Waals surface area contributed by atoms with Gasteiger partial charge in [0.2, 0.25) is 0 Å². The second-order valence-corrected chi connectivity index (χ2v) is 7.78. The van der Waals surface area contributed by atoms with Crippen molar-refractivity contribution >= 4 is 11.8 Å². The summed E-state index contributed by atoms with van der Waals surface area (Å²) in [5.74, 6) is 2.36. The van der Waals surface area contributed by atoms with Crippen molar-refractivity contribution in [3.05, 3.63) is 35.1 Å². The van der Waals surface area contributed by atoms with E-state index in [4.69, 9.17) is 0 Å². The first-order valence-electron chi connectivity index (χ1n) is 7.01. The van der Waals surface area contributed by atoms with Crippen LogP contribution in [0.15, 0.2) is 18.2 Å². The fourth-order valence-electron chi connectivity index (χ4n) is 2.42. The molecule has 1 aliphatic rings. The molecule has 106 valence electrons. The molecule has 0 bridgehead atoms. The van der Waals surface area contributed by atoms with E-state index in [1.165, 1.54) is 11.5 Å². The van der Waals surface area contributed by atoms with E-state index in [0.29, 0.717) is 0 Å². The van der Waals surface area contributed by atoms with Crippen molar-refractivity contribution < 1.29 is 4.39 Å². The molecule has 1 aromatic carbocycles. The Morgan fingerprint density at radius 2 is 1.89 bits per heavy atom. The van der Waals surface area contributed by atoms with E-state index < -0.39 is 0 Å². The lowest BCUT2D eigenvalue weighted by molar-refractivity contribution is 0.294. The lowest BCUT2D eigenvalue weighted by Gasteiger charge is -2.26. The average Bonchev–Trinajstić information content (AvgIpc) is 2.33. The smallest absolute Gasteiger partial charge is 0.126 e. The highest BCUT2D eigenvalue weighted by molar-refractivity contribution is 7.99. The second-order valence-electron chi connectivity index (χ2n) is 6.55. The van der Waals surface area contributed by atoms with Gasteiger partial charge in [0.1, 0.15) is 5.82 Å².